The van der Waals surface area contributed by atoms with Gasteiger partial charge in [0.25, 0.3) is 0 Å². The lowest BCUT2D eigenvalue weighted by Gasteiger charge is -2.39. The SMILES string of the molecule is CCC1CN(S(=O)(=O)c2cccc(Cl)c2Cl)C(CC)CN1. The molecule has 1 saturated heterocycles. The summed E-state index contributed by atoms with van der Waals surface area (Å²) in [5.41, 5.74) is 0. The maximum atomic E-state index is 12.9. The molecule has 0 bridgehead atoms. The van der Waals surface area contributed by atoms with Gasteiger partial charge in [0, 0.05) is 25.2 Å². The van der Waals surface area contributed by atoms with Crippen LogP contribution in [0.4, 0.5) is 0 Å². The number of sulfonamides is 1. The van der Waals surface area contributed by atoms with Gasteiger partial charge < -0.3 is 5.32 Å². The zero-order valence-electron chi connectivity index (χ0n) is 12.1. The van der Waals surface area contributed by atoms with Crippen molar-refractivity contribution in [3.8, 4) is 0 Å². The zero-order valence-corrected chi connectivity index (χ0v) is 14.5. The second kappa shape index (κ2) is 6.84. The van der Waals surface area contributed by atoms with Gasteiger partial charge in [0.1, 0.15) is 4.90 Å². The minimum absolute atomic E-state index is 0.0622. The predicted octanol–water partition coefficient (Wildman–Crippen LogP) is 3.14. The number of benzene rings is 1. The number of nitrogens with one attached hydrogen (secondary N) is 1. The van der Waals surface area contributed by atoms with Gasteiger partial charge in [-0.1, -0.05) is 43.1 Å². The highest BCUT2D eigenvalue weighted by molar-refractivity contribution is 7.89. The molecule has 1 fully saturated rings. The number of halogens is 2. The molecule has 2 rings (SSSR count). The Labute approximate surface area is 136 Å². The number of nitrogens with zero attached hydrogens (tertiary/aromatic N) is 1. The van der Waals surface area contributed by atoms with E-state index >= 15 is 0 Å². The summed E-state index contributed by atoms with van der Waals surface area (Å²) in [7, 11) is -3.64. The third-order valence-corrected chi connectivity index (χ3v) is 6.81. The van der Waals surface area contributed by atoms with Crippen LogP contribution in [0.25, 0.3) is 0 Å². The van der Waals surface area contributed by atoms with Crippen LogP contribution in [-0.2, 0) is 10.0 Å². The fourth-order valence-electron chi connectivity index (χ4n) is 2.56. The van der Waals surface area contributed by atoms with Gasteiger partial charge in [0.2, 0.25) is 10.0 Å². The molecule has 118 valence electrons. The summed E-state index contributed by atoms with van der Waals surface area (Å²) < 4.78 is 27.5. The van der Waals surface area contributed by atoms with Crippen molar-refractivity contribution in [1.29, 1.82) is 0 Å². The van der Waals surface area contributed by atoms with Crippen molar-refractivity contribution in [1.82, 2.24) is 9.62 Å². The highest BCUT2D eigenvalue weighted by Gasteiger charge is 2.36. The van der Waals surface area contributed by atoms with Crippen LogP contribution in [-0.4, -0.2) is 37.9 Å². The molecule has 2 atom stereocenters. The van der Waals surface area contributed by atoms with E-state index in [0.29, 0.717) is 13.1 Å². The molecule has 0 saturated carbocycles. The number of hydrogen-bond acceptors (Lipinski definition) is 3. The Kier molecular flexibility index (Phi) is 5.54. The fraction of sp³-hybridized carbons (Fsp3) is 0.571. The van der Waals surface area contributed by atoms with Crippen molar-refractivity contribution in [2.45, 2.75) is 43.7 Å². The summed E-state index contributed by atoms with van der Waals surface area (Å²) in [6, 6.07) is 4.82. The number of rotatable bonds is 4. The Bertz CT molecular complexity index is 607. The molecule has 1 aliphatic heterocycles. The minimum Gasteiger partial charge on any atom is -0.311 e. The van der Waals surface area contributed by atoms with E-state index in [0.717, 1.165) is 12.8 Å². The lowest BCUT2D eigenvalue weighted by molar-refractivity contribution is 0.215. The van der Waals surface area contributed by atoms with E-state index in [9.17, 15) is 8.42 Å². The van der Waals surface area contributed by atoms with Crippen LogP contribution in [0.1, 0.15) is 26.7 Å². The van der Waals surface area contributed by atoms with Crippen LogP contribution in [0.3, 0.4) is 0 Å². The molecule has 1 N–H and O–H groups in total. The van der Waals surface area contributed by atoms with E-state index in [4.69, 9.17) is 23.2 Å². The molecule has 21 heavy (non-hydrogen) atoms. The van der Waals surface area contributed by atoms with Crippen molar-refractivity contribution in [2.75, 3.05) is 13.1 Å². The third-order valence-electron chi connectivity index (χ3n) is 3.92. The molecular weight excluding hydrogens is 331 g/mol. The monoisotopic (exact) mass is 350 g/mol. The third kappa shape index (κ3) is 3.37. The second-order valence-corrected chi connectivity index (χ2v) is 7.85. The molecule has 0 aromatic heterocycles. The Morgan fingerprint density at radius 2 is 2.00 bits per heavy atom. The van der Waals surface area contributed by atoms with E-state index in [1.807, 2.05) is 13.8 Å². The maximum absolute atomic E-state index is 12.9. The van der Waals surface area contributed by atoms with Gasteiger partial charge >= 0.3 is 0 Å². The van der Waals surface area contributed by atoms with E-state index < -0.39 is 10.0 Å². The van der Waals surface area contributed by atoms with Gasteiger partial charge in [-0.2, -0.15) is 4.31 Å². The summed E-state index contributed by atoms with van der Waals surface area (Å²) in [6.45, 7) is 5.15. The Balaban J connectivity index is 2.42. The summed E-state index contributed by atoms with van der Waals surface area (Å²) in [5.74, 6) is 0. The summed E-state index contributed by atoms with van der Waals surface area (Å²) >= 11 is 12.1. The zero-order chi connectivity index (χ0) is 15.6. The molecule has 2 unspecified atom stereocenters. The molecule has 1 aromatic rings. The van der Waals surface area contributed by atoms with Crippen LogP contribution in [0, 0.1) is 0 Å². The molecule has 1 aromatic carbocycles. The maximum Gasteiger partial charge on any atom is 0.244 e. The smallest absolute Gasteiger partial charge is 0.244 e. The molecule has 1 aliphatic rings. The van der Waals surface area contributed by atoms with Gasteiger partial charge in [-0.3, -0.25) is 0 Å². The molecule has 4 nitrogen and oxygen atoms in total. The lowest BCUT2D eigenvalue weighted by Crippen LogP contribution is -2.57. The number of piperazine rings is 1. The van der Waals surface area contributed by atoms with Crippen LogP contribution in [0.5, 0.6) is 0 Å². The predicted molar refractivity (Wildman–Crippen MR) is 86.5 cm³/mol. The quantitative estimate of drug-likeness (QED) is 0.907. The van der Waals surface area contributed by atoms with Crippen molar-refractivity contribution in [2.24, 2.45) is 0 Å². The van der Waals surface area contributed by atoms with Gasteiger partial charge in [-0.15, -0.1) is 0 Å². The Morgan fingerprint density at radius 3 is 2.62 bits per heavy atom. The van der Waals surface area contributed by atoms with E-state index in [-0.39, 0.29) is 27.0 Å². The molecule has 0 radical (unpaired) electrons. The highest BCUT2D eigenvalue weighted by atomic mass is 35.5. The van der Waals surface area contributed by atoms with Crippen LogP contribution in [0.2, 0.25) is 10.0 Å². The highest BCUT2D eigenvalue weighted by Crippen LogP contribution is 2.32. The molecule has 0 aliphatic carbocycles. The number of hydrogen-bond donors (Lipinski definition) is 1. The first kappa shape index (κ1) is 17.0. The van der Waals surface area contributed by atoms with Crippen LogP contribution in [0.15, 0.2) is 23.1 Å². The molecular formula is C14H20Cl2N2O2S. The lowest BCUT2D eigenvalue weighted by atomic mass is 10.1. The Morgan fingerprint density at radius 1 is 1.29 bits per heavy atom. The summed E-state index contributed by atoms with van der Waals surface area (Å²) in [5, 5.41) is 3.74. The molecule has 0 amide bonds. The van der Waals surface area contributed by atoms with Crippen LogP contribution < -0.4 is 5.32 Å². The standard InChI is InChI=1S/C14H20Cl2N2O2S/c1-3-10-9-18(11(4-2)8-17-10)21(19,20)13-7-5-6-12(15)14(13)16/h5-7,10-11,17H,3-4,8-9H2,1-2H3. The first-order valence-corrected chi connectivity index (χ1v) is 9.30. The average Bonchev–Trinajstić information content (AvgIpc) is 2.49. The van der Waals surface area contributed by atoms with Crippen LogP contribution >= 0.6 is 23.2 Å². The van der Waals surface area contributed by atoms with E-state index in [2.05, 4.69) is 5.32 Å². The minimum atomic E-state index is -3.64. The molecule has 1 heterocycles. The first-order valence-electron chi connectivity index (χ1n) is 7.11. The summed E-state index contributed by atoms with van der Waals surface area (Å²) in [4.78, 5) is 0.0897. The normalized spacial score (nSPS) is 24.2. The van der Waals surface area contributed by atoms with Gasteiger partial charge in [-0.25, -0.2) is 8.42 Å². The topological polar surface area (TPSA) is 49.4 Å². The largest absolute Gasteiger partial charge is 0.311 e. The van der Waals surface area contributed by atoms with Crippen molar-refractivity contribution < 1.29 is 8.42 Å². The molecule has 7 heteroatoms. The fourth-order valence-corrected chi connectivity index (χ4v) is 5.04. The Hall–Kier alpha value is -0.330. The van der Waals surface area contributed by atoms with Crippen molar-refractivity contribution in [3.63, 3.8) is 0 Å². The van der Waals surface area contributed by atoms with E-state index in [1.54, 1.807) is 16.4 Å². The summed E-state index contributed by atoms with van der Waals surface area (Å²) in [6.07, 6.45) is 1.63. The average molecular weight is 351 g/mol. The van der Waals surface area contributed by atoms with Gasteiger partial charge in [-0.05, 0) is 25.0 Å². The first-order chi connectivity index (χ1) is 9.91. The molecule has 0 spiro atoms. The van der Waals surface area contributed by atoms with Crippen molar-refractivity contribution >= 4 is 33.2 Å². The van der Waals surface area contributed by atoms with Crippen molar-refractivity contribution in [3.05, 3.63) is 28.2 Å². The second-order valence-electron chi connectivity index (χ2n) is 5.20. The van der Waals surface area contributed by atoms with Gasteiger partial charge in [0.05, 0.1) is 10.0 Å². The van der Waals surface area contributed by atoms with E-state index in [1.165, 1.54) is 6.07 Å². The van der Waals surface area contributed by atoms with Gasteiger partial charge in [0.15, 0.2) is 0 Å².